The fourth-order valence-corrected chi connectivity index (χ4v) is 1.86. The average molecular weight is 356 g/mol. The van der Waals surface area contributed by atoms with Crippen LogP contribution in [-0.2, 0) is 4.79 Å². The lowest BCUT2D eigenvalue weighted by molar-refractivity contribution is -0.121. The molecule has 0 saturated heterocycles. The summed E-state index contributed by atoms with van der Waals surface area (Å²) in [5.74, 6) is -1.33. The Labute approximate surface area is 147 Å². The topological polar surface area (TPSA) is 74.8 Å². The molecule has 0 aromatic heterocycles. The lowest BCUT2D eigenvalue weighted by Gasteiger charge is -2.20. The van der Waals surface area contributed by atoms with Crippen LogP contribution >= 0.6 is 0 Å². The fourth-order valence-electron chi connectivity index (χ4n) is 1.86. The molecule has 140 valence electrons. The van der Waals surface area contributed by atoms with E-state index >= 15 is 0 Å². The predicted octanol–water partition coefficient (Wildman–Crippen LogP) is 1.81. The summed E-state index contributed by atoms with van der Waals surface area (Å²) in [7, 11) is 0. The summed E-state index contributed by atoms with van der Waals surface area (Å²) in [5, 5.41) is 8.83. The van der Waals surface area contributed by atoms with Crippen molar-refractivity contribution in [1.29, 1.82) is 0 Å². The summed E-state index contributed by atoms with van der Waals surface area (Å²) < 4.78 is 31.2. The summed E-state index contributed by atoms with van der Waals surface area (Å²) in [6, 6.07) is 3.36. The third-order valence-electron chi connectivity index (χ3n) is 2.79. The number of amides is 1. The van der Waals surface area contributed by atoms with Gasteiger partial charge in [-0.3, -0.25) is 4.79 Å². The highest BCUT2D eigenvalue weighted by atomic mass is 19.2. The Morgan fingerprint density at radius 2 is 1.92 bits per heavy atom. The van der Waals surface area contributed by atoms with Gasteiger partial charge in [0.05, 0.1) is 6.54 Å². The number of aliphatic imine (C=N–C) groups is 1. The third-order valence-corrected chi connectivity index (χ3v) is 2.79. The van der Waals surface area contributed by atoms with Crippen LogP contribution in [0.5, 0.6) is 5.75 Å². The molecular weight excluding hydrogens is 330 g/mol. The Hall–Kier alpha value is -2.38. The zero-order valence-corrected chi connectivity index (χ0v) is 15.1. The van der Waals surface area contributed by atoms with Crippen LogP contribution in [0.25, 0.3) is 0 Å². The van der Waals surface area contributed by atoms with E-state index in [-0.39, 0.29) is 30.3 Å². The Balaban J connectivity index is 2.42. The van der Waals surface area contributed by atoms with Gasteiger partial charge in [-0.15, -0.1) is 0 Å². The van der Waals surface area contributed by atoms with E-state index in [1.165, 1.54) is 6.07 Å². The lowest BCUT2D eigenvalue weighted by Crippen LogP contribution is -2.43. The van der Waals surface area contributed by atoms with Crippen molar-refractivity contribution < 1.29 is 18.3 Å². The first-order chi connectivity index (χ1) is 11.7. The molecule has 0 unspecified atom stereocenters. The molecule has 0 fully saturated rings. The summed E-state index contributed by atoms with van der Waals surface area (Å²) in [4.78, 5) is 16.0. The molecule has 0 bridgehead atoms. The van der Waals surface area contributed by atoms with Crippen LogP contribution in [-0.4, -0.2) is 43.6 Å². The van der Waals surface area contributed by atoms with Crippen molar-refractivity contribution in [2.75, 3.05) is 26.2 Å². The minimum Gasteiger partial charge on any atom is -0.492 e. The molecule has 8 heteroatoms. The number of benzene rings is 1. The summed E-state index contributed by atoms with van der Waals surface area (Å²) in [6.45, 7) is 8.84. The van der Waals surface area contributed by atoms with Crippen molar-refractivity contribution >= 4 is 11.9 Å². The van der Waals surface area contributed by atoms with Gasteiger partial charge in [0.1, 0.15) is 18.9 Å². The molecule has 0 radical (unpaired) electrons. The van der Waals surface area contributed by atoms with Gasteiger partial charge in [-0.1, -0.05) is 0 Å². The number of halogens is 2. The Morgan fingerprint density at radius 1 is 1.20 bits per heavy atom. The Bertz CT molecular complexity index is 601. The van der Waals surface area contributed by atoms with Gasteiger partial charge < -0.3 is 20.7 Å². The zero-order valence-electron chi connectivity index (χ0n) is 15.1. The Morgan fingerprint density at radius 3 is 2.52 bits per heavy atom. The smallest absolute Gasteiger partial charge is 0.242 e. The first kappa shape index (κ1) is 20.7. The number of hydrogen-bond acceptors (Lipinski definition) is 3. The van der Waals surface area contributed by atoms with Crippen molar-refractivity contribution in [1.82, 2.24) is 16.0 Å². The molecule has 6 nitrogen and oxygen atoms in total. The molecule has 0 aliphatic rings. The monoisotopic (exact) mass is 356 g/mol. The summed E-state index contributed by atoms with van der Waals surface area (Å²) in [5.41, 5.74) is -0.309. The maximum atomic E-state index is 13.1. The van der Waals surface area contributed by atoms with Crippen LogP contribution < -0.4 is 20.7 Å². The van der Waals surface area contributed by atoms with Crippen LogP contribution in [0.4, 0.5) is 8.78 Å². The van der Waals surface area contributed by atoms with Gasteiger partial charge in [-0.25, -0.2) is 13.8 Å². The zero-order chi connectivity index (χ0) is 18.9. The lowest BCUT2D eigenvalue weighted by atomic mass is 10.1. The molecule has 0 aliphatic heterocycles. The van der Waals surface area contributed by atoms with Crippen LogP contribution in [0, 0.1) is 11.6 Å². The standard InChI is InChI=1S/C17H26F2N4O2/c1-5-20-16(22-11-15(24)23-17(2,3)4)21-8-9-25-12-6-7-13(18)14(19)10-12/h6-7,10H,5,8-9,11H2,1-4H3,(H,23,24)(H2,20,21,22). The maximum absolute atomic E-state index is 13.1. The van der Waals surface area contributed by atoms with E-state index in [0.29, 0.717) is 19.0 Å². The first-order valence-corrected chi connectivity index (χ1v) is 8.12. The first-order valence-electron chi connectivity index (χ1n) is 8.12. The van der Waals surface area contributed by atoms with E-state index in [0.717, 1.165) is 12.1 Å². The van der Waals surface area contributed by atoms with E-state index in [9.17, 15) is 13.6 Å². The number of carbonyl (C=O) groups excluding carboxylic acids is 1. The predicted molar refractivity (Wildman–Crippen MR) is 93.7 cm³/mol. The molecule has 0 saturated carbocycles. The van der Waals surface area contributed by atoms with Crippen LogP contribution in [0.1, 0.15) is 27.7 Å². The van der Waals surface area contributed by atoms with Gasteiger partial charge in [0.25, 0.3) is 0 Å². The molecule has 1 aromatic rings. The highest BCUT2D eigenvalue weighted by Crippen LogP contribution is 2.14. The highest BCUT2D eigenvalue weighted by molar-refractivity contribution is 5.85. The molecule has 25 heavy (non-hydrogen) atoms. The second-order valence-corrected chi connectivity index (χ2v) is 6.34. The fraction of sp³-hybridized carbons (Fsp3) is 0.529. The molecule has 1 aromatic carbocycles. The van der Waals surface area contributed by atoms with Crippen molar-refractivity contribution in [3.05, 3.63) is 29.8 Å². The molecule has 1 amide bonds. The number of carbonyl (C=O) groups is 1. The number of nitrogens with zero attached hydrogens (tertiary/aromatic N) is 1. The van der Waals surface area contributed by atoms with Crippen LogP contribution in [0.15, 0.2) is 23.2 Å². The third kappa shape index (κ3) is 8.88. The normalized spacial score (nSPS) is 11.8. The van der Waals surface area contributed by atoms with Crippen LogP contribution in [0.2, 0.25) is 0 Å². The molecular formula is C17H26F2N4O2. The van der Waals surface area contributed by atoms with E-state index in [1.807, 2.05) is 27.7 Å². The number of hydrogen-bond donors (Lipinski definition) is 3. The molecule has 0 aliphatic carbocycles. The van der Waals surface area contributed by atoms with E-state index in [1.54, 1.807) is 0 Å². The number of rotatable bonds is 7. The summed E-state index contributed by atoms with van der Waals surface area (Å²) >= 11 is 0. The Kier molecular flexibility index (Phi) is 8.10. The summed E-state index contributed by atoms with van der Waals surface area (Å²) in [6.07, 6.45) is 0. The quantitative estimate of drug-likeness (QED) is 0.396. The largest absolute Gasteiger partial charge is 0.492 e. The van der Waals surface area contributed by atoms with Gasteiger partial charge in [-0.2, -0.15) is 0 Å². The van der Waals surface area contributed by atoms with Crippen molar-refractivity contribution in [2.45, 2.75) is 33.2 Å². The van der Waals surface area contributed by atoms with Gasteiger partial charge >= 0.3 is 0 Å². The number of guanidine groups is 1. The second kappa shape index (κ2) is 9.80. The van der Waals surface area contributed by atoms with Crippen molar-refractivity contribution in [3.63, 3.8) is 0 Å². The molecule has 0 heterocycles. The maximum Gasteiger partial charge on any atom is 0.242 e. The SMILES string of the molecule is CCNC(=NCC(=O)NC(C)(C)C)NCCOc1ccc(F)c(F)c1. The average Bonchev–Trinajstić information content (AvgIpc) is 2.50. The second-order valence-electron chi connectivity index (χ2n) is 6.34. The molecule has 1 rings (SSSR count). The van der Waals surface area contributed by atoms with E-state index in [4.69, 9.17) is 4.74 Å². The van der Waals surface area contributed by atoms with Crippen molar-refractivity contribution in [3.8, 4) is 5.75 Å². The molecule has 3 N–H and O–H groups in total. The minimum absolute atomic E-state index is 0.00334. The van der Waals surface area contributed by atoms with Gasteiger partial charge in [0.2, 0.25) is 5.91 Å². The highest BCUT2D eigenvalue weighted by Gasteiger charge is 2.13. The number of ether oxygens (including phenoxy) is 1. The molecule has 0 atom stereocenters. The minimum atomic E-state index is -0.953. The van der Waals surface area contributed by atoms with E-state index in [2.05, 4.69) is 20.9 Å². The van der Waals surface area contributed by atoms with Gasteiger partial charge in [0.15, 0.2) is 17.6 Å². The van der Waals surface area contributed by atoms with Crippen molar-refractivity contribution in [2.24, 2.45) is 4.99 Å². The van der Waals surface area contributed by atoms with Gasteiger partial charge in [-0.05, 0) is 39.8 Å². The van der Waals surface area contributed by atoms with Crippen LogP contribution in [0.3, 0.4) is 0 Å². The number of nitrogens with one attached hydrogen (secondary N) is 3. The van der Waals surface area contributed by atoms with E-state index < -0.39 is 11.6 Å². The van der Waals surface area contributed by atoms with Gasteiger partial charge in [0, 0.05) is 18.2 Å². The molecule has 0 spiro atoms.